The topological polar surface area (TPSA) is 42.0 Å². The van der Waals surface area contributed by atoms with E-state index in [2.05, 4.69) is 54.5 Å². The van der Waals surface area contributed by atoms with E-state index in [1.54, 1.807) is 11.8 Å². The van der Waals surface area contributed by atoms with E-state index in [1.807, 2.05) is 41.8 Å². The zero-order valence-electron chi connectivity index (χ0n) is 15.7. The van der Waals surface area contributed by atoms with Crippen LogP contribution in [0, 0.1) is 0 Å². The number of carbonyl (C=O) groups is 1. The van der Waals surface area contributed by atoms with E-state index >= 15 is 0 Å². The molecule has 1 N–H and O–H groups in total. The number of carbonyl (C=O) groups excluding carboxylic acids is 1. The number of thioether (sulfide) groups is 1. The standard InChI is InChI=1S/C23H20N2OS2/c1-15(2)28-20-11-9-17(10-12-20)22(26)25-23-24-21(14-27-23)19-8-7-16-5-3-4-6-18(16)13-19/h3-15H,1-2H3,(H,24,25,26). The number of nitrogens with one attached hydrogen (secondary N) is 1. The minimum absolute atomic E-state index is 0.138. The molecule has 1 aromatic heterocycles. The third-order valence-corrected chi connectivity index (χ3v) is 6.03. The molecule has 4 aromatic rings. The van der Waals surface area contributed by atoms with Gasteiger partial charge in [0.1, 0.15) is 0 Å². The Hall–Kier alpha value is -2.63. The van der Waals surface area contributed by atoms with Gasteiger partial charge in [0.15, 0.2) is 5.13 Å². The van der Waals surface area contributed by atoms with Gasteiger partial charge in [0.25, 0.3) is 5.91 Å². The lowest BCUT2D eigenvalue weighted by atomic mass is 10.1. The fourth-order valence-corrected chi connectivity index (χ4v) is 4.49. The first-order chi connectivity index (χ1) is 13.6. The van der Waals surface area contributed by atoms with E-state index < -0.39 is 0 Å². The van der Waals surface area contributed by atoms with Gasteiger partial charge in [-0.3, -0.25) is 10.1 Å². The van der Waals surface area contributed by atoms with Crippen molar-refractivity contribution >= 4 is 44.9 Å². The Morgan fingerprint density at radius 3 is 2.50 bits per heavy atom. The maximum atomic E-state index is 12.5. The molecular formula is C23H20N2OS2. The number of anilines is 1. The van der Waals surface area contributed by atoms with Crippen molar-refractivity contribution in [2.45, 2.75) is 24.0 Å². The predicted octanol–water partition coefficient (Wildman–Crippen LogP) is 6.72. The van der Waals surface area contributed by atoms with Crippen LogP contribution in [-0.4, -0.2) is 16.1 Å². The molecule has 140 valence electrons. The number of hydrogen-bond donors (Lipinski definition) is 1. The van der Waals surface area contributed by atoms with E-state index in [0.29, 0.717) is 15.9 Å². The van der Waals surface area contributed by atoms with Gasteiger partial charge in [0.2, 0.25) is 0 Å². The first-order valence-corrected chi connectivity index (χ1v) is 10.9. The quantitative estimate of drug-likeness (QED) is 0.376. The second kappa shape index (κ2) is 8.17. The minimum Gasteiger partial charge on any atom is -0.298 e. The number of rotatable bonds is 5. The van der Waals surface area contributed by atoms with Crippen molar-refractivity contribution in [2.75, 3.05) is 5.32 Å². The van der Waals surface area contributed by atoms with E-state index in [-0.39, 0.29) is 5.91 Å². The van der Waals surface area contributed by atoms with Crippen LogP contribution in [0.4, 0.5) is 5.13 Å². The lowest BCUT2D eigenvalue weighted by molar-refractivity contribution is 0.102. The Morgan fingerprint density at radius 1 is 1.00 bits per heavy atom. The predicted molar refractivity (Wildman–Crippen MR) is 120 cm³/mol. The van der Waals surface area contributed by atoms with Gasteiger partial charge in [-0.1, -0.05) is 50.2 Å². The second-order valence-electron chi connectivity index (χ2n) is 6.74. The molecule has 0 aliphatic rings. The van der Waals surface area contributed by atoms with Gasteiger partial charge >= 0.3 is 0 Å². The average Bonchev–Trinajstić information content (AvgIpc) is 3.16. The maximum Gasteiger partial charge on any atom is 0.257 e. The summed E-state index contributed by atoms with van der Waals surface area (Å²) in [5.41, 5.74) is 2.55. The van der Waals surface area contributed by atoms with Gasteiger partial charge in [-0.25, -0.2) is 4.98 Å². The fourth-order valence-electron chi connectivity index (χ4n) is 2.94. The van der Waals surface area contributed by atoms with Crippen molar-refractivity contribution in [1.29, 1.82) is 0 Å². The molecule has 0 aliphatic heterocycles. The van der Waals surface area contributed by atoms with Crippen LogP contribution in [0.5, 0.6) is 0 Å². The molecule has 1 heterocycles. The Kier molecular flexibility index (Phi) is 5.46. The van der Waals surface area contributed by atoms with Crippen molar-refractivity contribution in [3.8, 4) is 11.3 Å². The van der Waals surface area contributed by atoms with E-state index in [9.17, 15) is 4.79 Å². The van der Waals surface area contributed by atoms with Gasteiger partial charge in [-0.05, 0) is 41.1 Å². The average molecular weight is 405 g/mol. The molecular weight excluding hydrogens is 384 g/mol. The van der Waals surface area contributed by atoms with Gasteiger partial charge in [0.05, 0.1) is 5.69 Å². The monoisotopic (exact) mass is 404 g/mol. The lowest BCUT2D eigenvalue weighted by Gasteiger charge is -2.06. The maximum absolute atomic E-state index is 12.5. The number of hydrogen-bond acceptors (Lipinski definition) is 4. The molecule has 28 heavy (non-hydrogen) atoms. The summed E-state index contributed by atoms with van der Waals surface area (Å²) in [6, 6.07) is 22.2. The third-order valence-electron chi connectivity index (χ3n) is 4.26. The summed E-state index contributed by atoms with van der Waals surface area (Å²) in [6.07, 6.45) is 0. The molecule has 0 bridgehead atoms. The molecule has 3 aromatic carbocycles. The van der Waals surface area contributed by atoms with E-state index in [1.165, 1.54) is 27.0 Å². The highest BCUT2D eigenvalue weighted by Gasteiger charge is 2.11. The molecule has 5 heteroatoms. The summed E-state index contributed by atoms with van der Waals surface area (Å²) in [4.78, 5) is 18.3. The molecule has 0 saturated carbocycles. The zero-order chi connectivity index (χ0) is 19.5. The van der Waals surface area contributed by atoms with Gasteiger partial charge in [0, 0.05) is 26.7 Å². The molecule has 0 saturated heterocycles. The van der Waals surface area contributed by atoms with Gasteiger partial charge < -0.3 is 0 Å². The highest BCUT2D eigenvalue weighted by molar-refractivity contribution is 7.99. The molecule has 0 spiro atoms. The number of aromatic nitrogens is 1. The second-order valence-corrected chi connectivity index (χ2v) is 9.25. The zero-order valence-corrected chi connectivity index (χ0v) is 17.3. The Balaban J connectivity index is 1.48. The number of amides is 1. The fraction of sp³-hybridized carbons (Fsp3) is 0.130. The van der Waals surface area contributed by atoms with Crippen LogP contribution in [0.3, 0.4) is 0 Å². The van der Waals surface area contributed by atoms with Crippen molar-refractivity contribution in [3.05, 3.63) is 77.7 Å². The number of thiazole rings is 1. The molecule has 0 aliphatic carbocycles. The molecule has 1 amide bonds. The molecule has 4 rings (SSSR count). The largest absolute Gasteiger partial charge is 0.298 e. The summed E-state index contributed by atoms with van der Waals surface area (Å²) in [6.45, 7) is 4.31. The normalized spacial score (nSPS) is 11.1. The number of nitrogens with zero attached hydrogens (tertiary/aromatic N) is 1. The number of benzene rings is 3. The van der Waals surface area contributed by atoms with Crippen LogP contribution in [0.15, 0.2) is 77.0 Å². The van der Waals surface area contributed by atoms with Crippen LogP contribution in [-0.2, 0) is 0 Å². The van der Waals surface area contributed by atoms with Crippen molar-refractivity contribution in [2.24, 2.45) is 0 Å². The third kappa shape index (κ3) is 4.26. The molecule has 0 fully saturated rings. The first-order valence-electron chi connectivity index (χ1n) is 9.11. The van der Waals surface area contributed by atoms with E-state index in [0.717, 1.165) is 11.3 Å². The Morgan fingerprint density at radius 2 is 1.75 bits per heavy atom. The molecule has 0 radical (unpaired) electrons. The van der Waals surface area contributed by atoms with Crippen LogP contribution >= 0.6 is 23.1 Å². The minimum atomic E-state index is -0.138. The number of fused-ring (bicyclic) bond motifs is 1. The van der Waals surface area contributed by atoms with Crippen LogP contribution in [0.25, 0.3) is 22.0 Å². The molecule has 3 nitrogen and oxygen atoms in total. The van der Waals surface area contributed by atoms with Crippen LogP contribution in [0.2, 0.25) is 0 Å². The lowest BCUT2D eigenvalue weighted by Crippen LogP contribution is -2.11. The highest BCUT2D eigenvalue weighted by atomic mass is 32.2. The van der Waals surface area contributed by atoms with E-state index in [4.69, 9.17) is 0 Å². The van der Waals surface area contributed by atoms with Crippen molar-refractivity contribution in [3.63, 3.8) is 0 Å². The summed E-state index contributed by atoms with van der Waals surface area (Å²) in [5, 5.41) is 8.39. The van der Waals surface area contributed by atoms with Gasteiger partial charge in [-0.15, -0.1) is 23.1 Å². The Labute approximate surface area is 172 Å². The summed E-state index contributed by atoms with van der Waals surface area (Å²) in [7, 11) is 0. The smallest absolute Gasteiger partial charge is 0.257 e. The Bertz CT molecular complexity index is 1120. The SMILES string of the molecule is CC(C)Sc1ccc(C(=O)Nc2nc(-c3ccc4ccccc4c3)cs2)cc1. The van der Waals surface area contributed by atoms with Gasteiger partial charge in [-0.2, -0.15) is 0 Å². The van der Waals surface area contributed by atoms with Crippen molar-refractivity contribution < 1.29 is 4.79 Å². The van der Waals surface area contributed by atoms with Crippen LogP contribution < -0.4 is 5.32 Å². The first kappa shape index (κ1) is 18.7. The molecule has 0 unspecified atom stereocenters. The highest BCUT2D eigenvalue weighted by Crippen LogP contribution is 2.28. The van der Waals surface area contributed by atoms with Crippen molar-refractivity contribution in [1.82, 2.24) is 4.98 Å². The molecule has 0 atom stereocenters. The summed E-state index contributed by atoms with van der Waals surface area (Å²) >= 11 is 3.22. The summed E-state index contributed by atoms with van der Waals surface area (Å²) in [5.74, 6) is -0.138. The van der Waals surface area contributed by atoms with Crippen LogP contribution in [0.1, 0.15) is 24.2 Å². The summed E-state index contributed by atoms with van der Waals surface area (Å²) < 4.78 is 0.